The molecule has 23 heavy (non-hydrogen) atoms. The van der Waals surface area contributed by atoms with Crippen LogP contribution in [-0.4, -0.2) is 6.61 Å². The van der Waals surface area contributed by atoms with Crippen molar-refractivity contribution in [2.45, 2.75) is 13.3 Å². The largest absolute Gasteiger partial charge is 0.494 e. The van der Waals surface area contributed by atoms with E-state index >= 15 is 0 Å². The lowest BCUT2D eigenvalue weighted by Crippen LogP contribution is -2.04. The third kappa shape index (κ3) is 2.57. The number of rotatable bonds is 3. The molecule has 2 nitrogen and oxygen atoms in total. The van der Waals surface area contributed by atoms with Crippen molar-refractivity contribution >= 4 is 16.5 Å². The van der Waals surface area contributed by atoms with Gasteiger partial charge in [-0.25, -0.2) is 0 Å². The van der Waals surface area contributed by atoms with E-state index in [0.29, 0.717) is 6.61 Å². The SMILES string of the molecule is CCOc1ccc(C2=CCc3c(ccc4ccccc34)O2)cc1. The molecular weight excluding hydrogens is 284 g/mol. The second-order valence-electron chi connectivity index (χ2n) is 5.60. The van der Waals surface area contributed by atoms with Gasteiger partial charge in [-0.1, -0.05) is 30.3 Å². The molecule has 0 unspecified atom stereocenters. The maximum absolute atomic E-state index is 6.15. The lowest BCUT2D eigenvalue weighted by molar-refractivity contribution is 0.340. The summed E-state index contributed by atoms with van der Waals surface area (Å²) in [6, 6.07) is 20.7. The first-order valence-electron chi connectivity index (χ1n) is 7.97. The standard InChI is InChI=1S/C21H18O2/c1-2-22-17-10-7-16(8-11-17)20-14-12-19-18-6-4-3-5-15(18)9-13-21(19)23-20/h3-11,13-14H,2,12H2,1H3. The van der Waals surface area contributed by atoms with E-state index in [0.717, 1.165) is 29.2 Å². The van der Waals surface area contributed by atoms with E-state index in [1.165, 1.54) is 16.3 Å². The quantitative estimate of drug-likeness (QED) is 0.661. The lowest BCUT2D eigenvalue weighted by atomic mass is 9.98. The Morgan fingerprint density at radius 3 is 2.61 bits per heavy atom. The fourth-order valence-electron chi connectivity index (χ4n) is 3.04. The number of fused-ring (bicyclic) bond motifs is 3. The van der Waals surface area contributed by atoms with E-state index in [1.54, 1.807) is 0 Å². The van der Waals surface area contributed by atoms with Gasteiger partial charge in [0.25, 0.3) is 0 Å². The van der Waals surface area contributed by atoms with Crippen LogP contribution in [0.3, 0.4) is 0 Å². The van der Waals surface area contributed by atoms with Crippen molar-refractivity contribution in [3.05, 3.63) is 77.9 Å². The Labute approximate surface area is 136 Å². The van der Waals surface area contributed by atoms with E-state index in [4.69, 9.17) is 9.47 Å². The molecule has 0 N–H and O–H groups in total. The third-order valence-corrected chi connectivity index (χ3v) is 4.16. The van der Waals surface area contributed by atoms with Crippen LogP contribution >= 0.6 is 0 Å². The van der Waals surface area contributed by atoms with Crippen LogP contribution in [0.2, 0.25) is 0 Å². The molecule has 3 aromatic rings. The van der Waals surface area contributed by atoms with E-state index in [1.807, 2.05) is 31.2 Å². The van der Waals surface area contributed by atoms with Gasteiger partial charge >= 0.3 is 0 Å². The highest BCUT2D eigenvalue weighted by molar-refractivity contribution is 5.89. The number of hydrogen-bond donors (Lipinski definition) is 0. The van der Waals surface area contributed by atoms with Crippen molar-refractivity contribution in [2.75, 3.05) is 6.61 Å². The molecule has 0 spiro atoms. The molecule has 2 heteroatoms. The molecule has 0 fully saturated rings. The molecule has 0 aromatic heterocycles. The fraction of sp³-hybridized carbons (Fsp3) is 0.143. The molecule has 1 heterocycles. The number of benzene rings is 3. The summed E-state index contributed by atoms with van der Waals surface area (Å²) in [5.41, 5.74) is 2.34. The van der Waals surface area contributed by atoms with E-state index < -0.39 is 0 Å². The average molecular weight is 302 g/mol. The highest BCUT2D eigenvalue weighted by Crippen LogP contribution is 2.35. The summed E-state index contributed by atoms with van der Waals surface area (Å²) in [7, 11) is 0. The van der Waals surface area contributed by atoms with Crippen molar-refractivity contribution in [3.63, 3.8) is 0 Å². The van der Waals surface area contributed by atoms with Gasteiger partial charge in [0, 0.05) is 11.1 Å². The molecule has 114 valence electrons. The van der Waals surface area contributed by atoms with Gasteiger partial charge in [-0.3, -0.25) is 0 Å². The molecule has 0 aliphatic carbocycles. The van der Waals surface area contributed by atoms with Gasteiger partial charge < -0.3 is 9.47 Å². The first-order chi connectivity index (χ1) is 11.3. The fourth-order valence-corrected chi connectivity index (χ4v) is 3.04. The first kappa shape index (κ1) is 13.9. The van der Waals surface area contributed by atoms with E-state index in [2.05, 4.69) is 42.5 Å². The minimum absolute atomic E-state index is 0.680. The molecule has 0 saturated carbocycles. The van der Waals surface area contributed by atoms with Crippen LogP contribution in [0.1, 0.15) is 18.1 Å². The molecule has 3 aromatic carbocycles. The smallest absolute Gasteiger partial charge is 0.131 e. The highest BCUT2D eigenvalue weighted by atomic mass is 16.5. The number of ether oxygens (including phenoxy) is 2. The molecular formula is C21H18O2. The maximum Gasteiger partial charge on any atom is 0.131 e. The Morgan fingerprint density at radius 2 is 1.78 bits per heavy atom. The molecule has 0 bridgehead atoms. The van der Waals surface area contributed by atoms with Crippen LogP contribution in [0.5, 0.6) is 11.5 Å². The Bertz CT molecular complexity index is 876. The molecule has 0 amide bonds. The predicted octanol–water partition coefficient (Wildman–Crippen LogP) is 5.21. The Hall–Kier alpha value is -2.74. The van der Waals surface area contributed by atoms with Crippen LogP contribution < -0.4 is 9.47 Å². The summed E-state index contributed by atoms with van der Waals surface area (Å²) in [5, 5.41) is 2.53. The number of hydrogen-bond acceptors (Lipinski definition) is 2. The van der Waals surface area contributed by atoms with Gasteiger partial charge in [0.1, 0.15) is 17.3 Å². The Kier molecular flexibility index (Phi) is 3.51. The van der Waals surface area contributed by atoms with Crippen molar-refractivity contribution in [1.29, 1.82) is 0 Å². The monoisotopic (exact) mass is 302 g/mol. The van der Waals surface area contributed by atoms with Gasteiger partial charge in [-0.05, 0) is 60.5 Å². The van der Waals surface area contributed by atoms with Crippen molar-refractivity contribution in [1.82, 2.24) is 0 Å². The molecule has 0 saturated heterocycles. The van der Waals surface area contributed by atoms with Crippen molar-refractivity contribution in [3.8, 4) is 11.5 Å². The summed E-state index contributed by atoms with van der Waals surface area (Å²) in [4.78, 5) is 0. The lowest BCUT2D eigenvalue weighted by Gasteiger charge is -2.20. The number of allylic oxidation sites excluding steroid dienone is 1. The van der Waals surface area contributed by atoms with Gasteiger partial charge in [-0.15, -0.1) is 0 Å². The van der Waals surface area contributed by atoms with Gasteiger partial charge in [0.15, 0.2) is 0 Å². The molecule has 0 atom stereocenters. The highest BCUT2D eigenvalue weighted by Gasteiger charge is 2.16. The zero-order valence-corrected chi connectivity index (χ0v) is 13.1. The summed E-state index contributed by atoms with van der Waals surface area (Å²) in [5.74, 6) is 2.75. The van der Waals surface area contributed by atoms with Gasteiger partial charge in [-0.2, -0.15) is 0 Å². The van der Waals surface area contributed by atoms with Crippen LogP contribution in [0.15, 0.2) is 66.7 Å². The topological polar surface area (TPSA) is 18.5 Å². The minimum Gasteiger partial charge on any atom is -0.494 e. The van der Waals surface area contributed by atoms with Crippen LogP contribution in [0, 0.1) is 0 Å². The van der Waals surface area contributed by atoms with Gasteiger partial charge in [0.2, 0.25) is 0 Å². The van der Waals surface area contributed by atoms with Crippen molar-refractivity contribution in [2.24, 2.45) is 0 Å². The zero-order valence-electron chi connectivity index (χ0n) is 13.1. The minimum atomic E-state index is 0.680. The van der Waals surface area contributed by atoms with Crippen LogP contribution in [-0.2, 0) is 6.42 Å². The maximum atomic E-state index is 6.15. The van der Waals surface area contributed by atoms with E-state index in [-0.39, 0.29) is 0 Å². The van der Waals surface area contributed by atoms with E-state index in [9.17, 15) is 0 Å². The summed E-state index contributed by atoms with van der Waals surface area (Å²) in [6.45, 7) is 2.67. The molecule has 1 aliphatic heterocycles. The second-order valence-corrected chi connectivity index (χ2v) is 5.60. The second kappa shape index (κ2) is 5.81. The summed E-state index contributed by atoms with van der Waals surface area (Å²) in [6.07, 6.45) is 3.05. The van der Waals surface area contributed by atoms with Crippen molar-refractivity contribution < 1.29 is 9.47 Å². The first-order valence-corrected chi connectivity index (χ1v) is 7.97. The Morgan fingerprint density at radius 1 is 0.957 bits per heavy atom. The van der Waals surface area contributed by atoms with Crippen LogP contribution in [0.25, 0.3) is 16.5 Å². The third-order valence-electron chi connectivity index (χ3n) is 4.16. The van der Waals surface area contributed by atoms with Crippen LogP contribution in [0.4, 0.5) is 0 Å². The average Bonchev–Trinajstić information content (AvgIpc) is 2.62. The normalized spacial score (nSPS) is 13.2. The zero-order chi connectivity index (χ0) is 15.6. The predicted molar refractivity (Wildman–Crippen MR) is 93.9 cm³/mol. The summed E-state index contributed by atoms with van der Waals surface area (Å²) >= 11 is 0. The molecule has 1 aliphatic rings. The molecule has 4 rings (SSSR count). The summed E-state index contributed by atoms with van der Waals surface area (Å²) < 4.78 is 11.6. The van der Waals surface area contributed by atoms with Gasteiger partial charge in [0.05, 0.1) is 6.61 Å². The Balaban J connectivity index is 1.66. The molecule has 0 radical (unpaired) electrons.